The van der Waals surface area contributed by atoms with E-state index < -0.39 is 5.54 Å². The zero-order valence-corrected chi connectivity index (χ0v) is 18.7. The number of urea groups is 1. The highest BCUT2D eigenvalue weighted by molar-refractivity contribution is 6.32. The lowest BCUT2D eigenvalue weighted by molar-refractivity contribution is -0.125. The minimum absolute atomic E-state index is 0.173. The number of likely N-dealkylation sites (tertiary alicyclic amines) is 1. The number of rotatable bonds is 4. The molecule has 0 saturated carbocycles. The normalized spacial score (nSPS) is 25.8. The molecule has 0 unspecified atom stereocenters. The number of carbonyl (C=O) groups is 2. The first-order valence-corrected chi connectivity index (χ1v) is 11.5. The van der Waals surface area contributed by atoms with Gasteiger partial charge in [-0.15, -0.1) is 0 Å². The average molecular weight is 445 g/mol. The molecule has 31 heavy (non-hydrogen) atoms. The van der Waals surface area contributed by atoms with E-state index in [1.165, 1.54) is 11.0 Å². The van der Waals surface area contributed by atoms with Crippen LogP contribution in [0.2, 0.25) is 5.02 Å². The van der Waals surface area contributed by atoms with Crippen LogP contribution in [0, 0.1) is 17.2 Å². The van der Waals surface area contributed by atoms with Crippen LogP contribution in [-0.2, 0) is 9.53 Å². The molecular formula is C23H29ClN4O3. The molecule has 1 aromatic rings. The van der Waals surface area contributed by atoms with Crippen molar-refractivity contribution >= 4 is 29.2 Å². The Bertz CT molecular complexity index is 895. The number of imide groups is 1. The summed E-state index contributed by atoms with van der Waals surface area (Å²) in [5.41, 5.74) is -0.0566. The Morgan fingerprint density at radius 3 is 2.68 bits per heavy atom. The molecular weight excluding hydrogens is 416 g/mol. The third-order valence-corrected chi connectivity index (χ3v) is 7.26. The predicted octanol–water partition coefficient (Wildman–Crippen LogP) is 3.65. The SMILES string of the molecule is CCN1C(=O)N(c2ccc(C#N)c(Cl)c2)C(=O)[C@]12CCCN(CC1CCOCC1)CC2. The maximum atomic E-state index is 13.7. The van der Waals surface area contributed by atoms with Crippen LogP contribution < -0.4 is 4.90 Å². The topological polar surface area (TPSA) is 76.9 Å². The highest BCUT2D eigenvalue weighted by atomic mass is 35.5. The van der Waals surface area contributed by atoms with Crippen molar-refractivity contribution in [2.45, 2.75) is 44.6 Å². The van der Waals surface area contributed by atoms with Crippen molar-refractivity contribution in [3.05, 3.63) is 28.8 Å². The van der Waals surface area contributed by atoms with Crippen LogP contribution in [0.25, 0.3) is 0 Å². The Morgan fingerprint density at radius 1 is 1.23 bits per heavy atom. The van der Waals surface area contributed by atoms with Crippen molar-refractivity contribution in [3.8, 4) is 6.07 Å². The molecule has 3 heterocycles. The van der Waals surface area contributed by atoms with Crippen molar-refractivity contribution in [1.82, 2.24) is 9.80 Å². The van der Waals surface area contributed by atoms with Gasteiger partial charge in [0.15, 0.2) is 0 Å². The fraction of sp³-hybridized carbons (Fsp3) is 0.609. The summed E-state index contributed by atoms with van der Waals surface area (Å²) in [5.74, 6) is 0.469. The van der Waals surface area contributed by atoms with E-state index in [-0.39, 0.29) is 17.0 Å². The lowest BCUT2D eigenvalue weighted by atomic mass is 9.88. The molecule has 4 rings (SSSR count). The molecule has 1 aromatic carbocycles. The van der Waals surface area contributed by atoms with E-state index in [1.54, 1.807) is 17.0 Å². The number of amides is 3. The average Bonchev–Trinajstić information content (AvgIpc) is 2.89. The molecule has 166 valence electrons. The molecule has 3 aliphatic rings. The van der Waals surface area contributed by atoms with Gasteiger partial charge in [0.25, 0.3) is 5.91 Å². The zero-order chi connectivity index (χ0) is 22.0. The van der Waals surface area contributed by atoms with Crippen LogP contribution in [0.15, 0.2) is 18.2 Å². The van der Waals surface area contributed by atoms with Gasteiger partial charge in [-0.25, -0.2) is 9.69 Å². The summed E-state index contributed by atoms with van der Waals surface area (Å²) in [6.07, 6.45) is 4.35. The Hall–Kier alpha value is -2.14. The number of hydrogen-bond donors (Lipinski definition) is 0. The number of carbonyl (C=O) groups excluding carboxylic acids is 2. The van der Waals surface area contributed by atoms with Crippen molar-refractivity contribution in [3.63, 3.8) is 0 Å². The molecule has 0 N–H and O–H groups in total. The number of benzene rings is 1. The first-order chi connectivity index (χ1) is 15.0. The molecule has 0 radical (unpaired) electrons. The van der Waals surface area contributed by atoms with E-state index in [4.69, 9.17) is 21.6 Å². The van der Waals surface area contributed by atoms with E-state index in [1.807, 2.05) is 13.0 Å². The van der Waals surface area contributed by atoms with Gasteiger partial charge >= 0.3 is 6.03 Å². The van der Waals surface area contributed by atoms with Crippen molar-refractivity contribution < 1.29 is 14.3 Å². The van der Waals surface area contributed by atoms with Gasteiger partial charge in [-0.2, -0.15) is 5.26 Å². The van der Waals surface area contributed by atoms with E-state index in [0.717, 1.165) is 52.1 Å². The van der Waals surface area contributed by atoms with Gasteiger partial charge in [0.2, 0.25) is 0 Å². The third kappa shape index (κ3) is 4.05. The predicted molar refractivity (Wildman–Crippen MR) is 118 cm³/mol. The highest BCUT2D eigenvalue weighted by Gasteiger charge is 2.57. The zero-order valence-electron chi connectivity index (χ0n) is 18.0. The smallest absolute Gasteiger partial charge is 0.332 e. The summed E-state index contributed by atoms with van der Waals surface area (Å²) in [6.45, 7) is 6.85. The number of anilines is 1. The quantitative estimate of drug-likeness (QED) is 0.662. The monoisotopic (exact) mass is 444 g/mol. The minimum atomic E-state index is -0.809. The van der Waals surface area contributed by atoms with Gasteiger partial charge in [0.05, 0.1) is 16.3 Å². The lowest BCUT2D eigenvalue weighted by Crippen LogP contribution is -2.50. The Morgan fingerprint density at radius 2 is 2.00 bits per heavy atom. The summed E-state index contributed by atoms with van der Waals surface area (Å²) in [4.78, 5) is 32.4. The van der Waals surface area contributed by atoms with Crippen LogP contribution in [0.4, 0.5) is 10.5 Å². The second-order valence-electron chi connectivity index (χ2n) is 8.68. The number of halogens is 1. The Labute approximate surface area is 188 Å². The van der Waals surface area contributed by atoms with Crippen molar-refractivity contribution in [2.75, 3.05) is 44.3 Å². The van der Waals surface area contributed by atoms with Gasteiger partial charge in [0.1, 0.15) is 11.6 Å². The van der Waals surface area contributed by atoms with Gasteiger partial charge in [-0.05, 0) is 69.7 Å². The lowest BCUT2D eigenvalue weighted by Gasteiger charge is -2.34. The highest BCUT2D eigenvalue weighted by Crippen LogP contribution is 2.40. The van der Waals surface area contributed by atoms with Crippen LogP contribution in [0.1, 0.15) is 44.6 Å². The molecule has 3 saturated heterocycles. The van der Waals surface area contributed by atoms with Crippen molar-refractivity contribution in [2.24, 2.45) is 5.92 Å². The molecule has 3 fully saturated rings. The largest absolute Gasteiger partial charge is 0.381 e. The fourth-order valence-electron chi connectivity index (χ4n) is 5.25. The molecule has 1 atom stereocenters. The third-order valence-electron chi connectivity index (χ3n) is 6.95. The van der Waals surface area contributed by atoms with E-state index in [9.17, 15) is 9.59 Å². The van der Waals surface area contributed by atoms with Crippen LogP contribution in [-0.4, -0.2) is 66.7 Å². The molecule has 7 nitrogen and oxygen atoms in total. The summed E-state index contributed by atoms with van der Waals surface area (Å²) >= 11 is 6.19. The van der Waals surface area contributed by atoms with Gasteiger partial charge in [0, 0.05) is 32.8 Å². The fourth-order valence-corrected chi connectivity index (χ4v) is 5.47. The summed E-state index contributed by atoms with van der Waals surface area (Å²) in [6, 6.07) is 6.44. The first kappa shape index (κ1) is 22.1. The van der Waals surface area contributed by atoms with Crippen LogP contribution in [0.5, 0.6) is 0 Å². The summed E-state index contributed by atoms with van der Waals surface area (Å²) in [5, 5.41) is 9.37. The summed E-state index contributed by atoms with van der Waals surface area (Å²) < 4.78 is 5.48. The summed E-state index contributed by atoms with van der Waals surface area (Å²) in [7, 11) is 0. The Kier molecular flexibility index (Phi) is 6.52. The molecule has 8 heteroatoms. The van der Waals surface area contributed by atoms with E-state index >= 15 is 0 Å². The van der Waals surface area contributed by atoms with Crippen LogP contribution >= 0.6 is 11.6 Å². The Balaban J connectivity index is 1.55. The first-order valence-electron chi connectivity index (χ1n) is 11.2. The molecule has 1 spiro atoms. The minimum Gasteiger partial charge on any atom is -0.381 e. The number of nitriles is 1. The maximum absolute atomic E-state index is 13.7. The molecule has 3 aliphatic heterocycles. The van der Waals surface area contributed by atoms with E-state index in [2.05, 4.69) is 4.90 Å². The molecule has 3 amide bonds. The van der Waals surface area contributed by atoms with Gasteiger partial charge in [-0.3, -0.25) is 4.79 Å². The van der Waals surface area contributed by atoms with Gasteiger partial charge < -0.3 is 14.5 Å². The maximum Gasteiger partial charge on any atom is 0.332 e. The van der Waals surface area contributed by atoms with E-state index in [0.29, 0.717) is 36.6 Å². The van der Waals surface area contributed by atoms with Crippen molar-refractivity contribution in [1.29, 1.82) is 5.26 Å². The van der Waals surface area contributed by atoms with Gasteiger partial charge in [-0.1, -0.05) is 11.6 Å². The molecule has 0 bridgehead atoms. The van der Waals surface area contributed by atoms with Crippen LogP contribution in [0.3, 0.4) is 0 Å². The number of nitrogens with zero attached hydrogens (tertiary/aromatic N) is 4. The number of hydrogen-bond acceptors (Lipinski definition) is 5. The number of ether oxygens (including phenoxy) is 1. The molecule has 0 aliphatic carbocycles. The molecule has 0 aromatic heterocycles. The number of likely N-dealkylation sites (N-methyl/N-ethyl adjacent to an activating group) is 1. The second kappa shape index (κ2) is 9.15. The second-order valence-corrected chi connectivity index (χ2v) is 9.09. The standard InChI is InChI=1S/C23H29ClN4O3/c1-2-27-22(30)28(19-5-4-18(15-25)20(24)14-19)21(29)23(27)8-3-10-26(11-9-23)16-17-6-12-31-13-7-17/h4-5,14,17H,2-3,6-13,16H2,1H3/t23-/m1/s1.